The molecule has 84 valence electrons. The summed E-state index contributed by atoms with van der Waals surface area (Å²) in [5, 5.41) is 8.23. The number of nitrogens with one attached hydrogen (secondary N) is 1. The first-order chi connectivity index (χ1) is 7.72. The highest BCUT2D eigenvalue weighted by molar-refractivity contribution is 6.30. The highest BCUT2D eigenvalue weighted by atomic mass is 35.5. The average molecular weight is 236 g/mol. The van der Waals surface area contributed by atoms with Crippen molar-refractivity contribution in [2.24, 2.45) is 0 Å². The first kappa shape index (κ1) is 11.2. The molecule has 0 fully saturated rings. The molecule has 0 bridgehead atoms. The number of hydrogen-bond acceptors (Lipinski definition) is 2. The van der Waals surface area contributed by atoms with Crippen molar-refractivity contribution in [1.29, 1.82) is 0 Å². The van der Waals surface area contributed by atoms with E-state index in [4.69, 9.17) is 11.6 Å². The fraction of sp³-hybridized carbons (Fsp3) is 0.250. The Bertz CT molecular complexity index is 474. The molecule has 1 heterocycles. The third-order valence-corrected chi connectivity index (χ3v) is 2.80. The lowest BCUT2D eigenvalue weighted by molar-refractivity contribution is 0.801. The van der Waals surface area contributed by atoms with Crippen molar-refractivity contribution < 1.29 is 0 Å². The van der Waals surface area contributed by atoms with Crippen LogP contribution in [0.3, 0.4) is 0 Å². The number of rotatable bonds is 3. The van der Waals surface area contributed by atoms with Gasteiger partial charge in [0.25, 0.3) is 0 Å². The van der Waals surface area contributed by atoms with Gasteiger partial charge >= 0.3 is 0 Å². The number of hydrogen-bond donors (Lipinski definition) is 1. The summed E-state index contributed by atoms with van der Waals surface area (Å²) in [6, 6.07) is 7.67. The highest BCUT2D eigenvalue weighted by Crippen LogP contribution is 2.16. The number of benzene rings is 1. The fourth-order valence-electron chi connectivity index (χ4n) is 1.65. The van der Waals surface area contributed by atoms with Crippen LogP contribution >= 0.6 is 11.6 Å². The van der Waals surface area contributed by atoms with Gasteiger partial charge in [0.2, 0.25) is 0 Å². The summed E-state index contributed by atoms with van der Waals surface area (Å²) < 4.78 is 1.92. The van der Waals surface area contributed by atoms with Crippen LogP contribution < -0.4 is 5.32 Å². The fourth-order valence-corrected chi connectivity index (χ4v) is 1.78. The topological polar surface area (TPSA) is 29.9 Å². The van der Waals surface area contributed by atoms with Crippen molar-refractivity contribution in [1.82, 2.24) is 15.1 Å². The molecule has 16 heavy (non-hydrogen) atoms. The van der Waals surface area contributed by atoms with E-state index in [0.717, 1.165) is 22.9 Å². The molecule has 0 radical (unpaired) electrons. The quantitative estimate of drug-likeness (QED) is 0.886. The molecule has 0 aliphatic carbocycles. The van der Waals surface area contributed by atoms with Crippen LogP contribution in [0.1, 0.15) is 11.3 Å². The molecule has 1 aromatic heterocycles. The van der Waals surface area contributed by atoms with E-state index in [1.165, 1.54) is 5.56 Å². The van der Waals surface area contributed by atoms with Gasteiger partial charge in [-0.05, 0) is 38.2 Å². The van der Waals surface area contributed by atoms with E-state index in [9.17, 15) is 0 Å². The second kappa shape index (κ2) is 4.68. The monoisotopic (exact) mass is 235 g/mol. The van der Waals surface area contributed by atoms with Crippen molar-refractivity contribution in [3.05, 3.63) is 46.7 Å². The van der Waals surface area contributed by atoms with Crippen LogP contribution in [0.15, 0.2) is 30.5 Å². The largest absolute Gasteiger partial charge is 0.316 e. The molecule has 2 aromatic rings. The minimum absolute atomic E-state index is 0.740. The summed E-state index contributed by atoms with van der Waals surface area (Å²) in [5.74, 6) is 0. The standard InChI is InChI=1S/C12H14ClN3/c1-9-10(7-14-2)8-15-16(9)12-5-3-11(13)4-6-12/h3-6,8,14H,7H2,1-2H3. The molecule has 0 aliphatic rings. The van der Waals surface area contributed by atoms with E-state index in [-0.39, 0.29) is 0 Å². The van der Waals surface area contributed by atoms with E-state index in [1.807, 2.05) is 42.2 Å². The number of aromatic nitrogens is 2. The Balaban J connectivity index is 2.37. The molecule has 3 nitrogen and oxygen atoms in total. The summed E-state index contributed by atoms with van der Waals surface area (Å²) in [6.07, 6.45) is 1.89. The Kier molecular flexibility index (Phi) is 3.27. The molecule has 0 saturated heterocycles. The molecule has 1 N–H and O–H groups in total. The van der Waals surface area contributed by atoms with Crippen LogP contribution in [0.5, 0.6) is 0 Å². The van der Waals surface area contributed by atoms with E-state index < -0.39 is 0 Å². The summed E-state index contributed by atoms with van der Waals surface area (Å²) in [4.78, 5) is 0. The van der Waals surface area contributed by atoms with Crippen molar-refractivity contribution in [3.63, 3.8) is 0 Å². The van der Waals surface area contributed by atoms with Crippen molar-refractivity contribution in [2.75, 3.05) is 7.05 Å². The molecular formula is C12H14ClN3. The Hall–Kier alpha value is -1.32. The van der Waals surface area contributed by atoms with Crippen LogP contribution in [-0.4, -0.2) is 16.8 Å². The maximum absolute atomic E-state index is 5.85. The van der Waals surface area contributed by atoms with E-state index in [1.54, 1.807) is 0 Å². The zero-order valence-electron chi connectivity index (χ0n) is 9.37. The van der Waals surface area contributed by atoms with Crippen molar-refractivity contribution in [3.8, 4) is 5.69 Å². The van der Waals surface area contributed by atoms with Gasteiger partial charge in [0.15, 0.2) is 0 Å². The van der Waals surface area contributed by atoms with E-state index >= 15 is 0 Å². The molecule has 0 spiro atoms. The molecular weight excluding hydrogens is 222 g/mol. The van der Waals surface area contributed by atoms with Gasteiger partial charge in [0, 0.05) is 22.8 Å². The first-order valence-corrected chi connectivity index (χ1v) is 5.54. The van der Waals surface area contributed by atoms with Crippen LogP contribution in [-0.2, 0) is 6.54 Å². The first-order valence-electron chi connectivity index (χ1n) is 5.16. The predicted molar refractivity (Wildman–Crippen MR) is 66.1 cm³/mol. The smallest absolute Gasteiger partial charge is 0.0649 e. The van der Waals surface area contributed by atoms with Gasteiger partial charge in [-0.3, -0.25) is 0 Å². The second-order valence-electron chi connectivity index (χ2n) is 3.67. The molecule has 1 aromatic carbocycles. The molecule has 0 unspecified atom stereocenters. The van der Waals surface area contributed by atoms with Gasteiger partial charge in [-0.15, -0.1) is 0 Å². The lowest BCUT2D eigenvalue weighted by Crippen LogP contribution is -2.06. The van der Waals surface area contributed by atoms with Gasteiger partial charge in [-0.25, -0.2) is 4.68 Å². The Morgan fingerprint density at radius 1 is 1.31 bits per heavy atom. The Labute approximate surface area is 100 Å². The van der Waals surface area contributed by atoms with Crippen LogP contribution in [0.2, 0.25) is 5.02 Å². The minimum Gasteiger partial charge on any atom is -0.316 e. The lowest BCUT2D eigenvalue weighted by atomic mass is 10.2. The van der Waals surface area contributed by atoms with Gasteiger partial charge in [-0.1, -0.05) is 11.6 Å². The van der Waals surface area contributed by atoms with Gasteiger partial charge in [-0.2, -0.15) is 5.10 Å². The maximum atomic E-state index is 5.85. The third-order valence-electron chi connectivity index (χ3n) is 2.55. The predicted octanol–water partition coefficient (Wildman–Crippen LogP) is 2.55. The summed E-state index contributed by atoms with van der Waals surface area (Å²) in [5.41, 5.74) is 3.39. The molecule has 0 saturated carbocycles. The van der Waals surface area contributed by atoms with Gasteiger partial charge in [0.05, 0.1) is 11.9 Å². The average Bonchev–Trinajstić information content (AvgIpc) is 2.63. The zero-order chi connectivity index (χ0) is 11.5. The Morgan fingerprint density at radius 2 is 2.00 bits per heavy atom. The molecule has 0 aliphatic heterocycles. The van der Waals surface area contributed by atoms with Crippen molar-refractivity contribution >= 4 is 11.6 Å². The van der Waals surface area contributed by atoms with Crippen LogP contribution in [0.25, 0.3) is 5.69 Å². The summed E-state index contributed by atoms with van der Waals surface area (Å²) in [6.45, 7) is 2.90. The van der Waals surface area contributed by atoms with Gasteiger partial charge in [0.1, 0.15) is 0 Å². The van der Waals surface area contributed by atoms with Gasteiger partial charge < -0.3 is 5.32 Å². The SMILES string of the molecule is CNCc1cnn(-c2ccc(Cl)cc2)c1C. The highest BCUT2D eigenvalue weighted by Gasteiger charge is 2.06. The maximum Gasteiger partial charge on any atom is 0.0649 e. The Morgan fingerprint density at radius 3 is 2.62 bits per heavy atom. The zero-order valence-corrected chi connectivity index (χ0v) is 10.1. The molecule has 0 amide bonds. The molecule has 4 heteroatoms. The minimum atomic E-state index is 0.740. The van der Waals surface area contributed by atoms with Crippen molar-refractivity contribution in [2.45, 2.75) is 13.5 Å². The molecule has 2 rings (SSSR count). The lowest BCUT2D eigenvalue weighted by Gasteiger charge is -2.05. The van der Waals surface area contributed by atoms with E-state index in [0.29, 0.717) is 0 Å². The van der Waals surface area contributed by atoms with Crippen LogP contribution in [0, 0.1) is 6.92 Å². The summed E-state index contributed by atoms with van der Waals surface area (Å²) >= 11 is 5.85. The normalized spacial score (nSPS) is 10.7. The number of halogens is 1. The number of nitrogens with zero attached hydrogens (tertiary/aromatic N) is 2. The van der Waals surface area contributed by atoms with E-state index in [2.05, 4.69) is 17.3 Å². The molecule has 0 atom stereocenters. The summed E-state index contributed by atoms with van der Waals surface area (Å²) in [7, 11) is 1.93. The third kappa shape index (κ3) is 2.10. The second-order valence-corrected chi connectivity index (χ2v) is 4.11. The van der Waals surface area contributed by atoms with Crippen LogP contribution in [0.4, 0.5) is 0 Å².